The molecule has 6 heteroatoms. The predicted octanol–water partition coefficient (Wildman–Crippen LogP) is 1.40. The third-order valence-electron chi connectivity index (χ3n) is 3.86. The van der Waals surface area contributed by atoms with Gasteiger partial charge in [0.1, 0.15) is 5.82 Å². The molecule has 0 aliphatic carbocycles. The van der Waals surface area contributed by atoms with Gasteiger partial charge in [-0.15, -0.1) is 0 Å². The summed E-state index contributed by atoms with van der Waals surface area (Å²) >= 11 is 0. The Hall–Kier alpha value is -1.69. The molecule has 1 fully saturated rings. The van der Waals surface area contributed by atoms with Gasteiger partial charge in [-0.25, -0.2) is 9.97 Å². The minimum atomic E-state index is -0.195. The van der Waals surface area contributed by atoms with Crippen molar-refractivity contribution in [3.05, 3.63) is 17.7 Å². The van der Waals surface area contributed by atoms with Crippen molar-refractivity contribution in [3.63, 3.8) is 0 Å². The number of nitrogens with two attached hydrogens (primary N) is 1. The van der Waals surface area contributed by atoms with Gasteiger partial charge in [0.25, 0.3) is 5.91 Å². The zero-order chi connectivity index (χ0) is 15.4. The number of hydrogen-bond acceptors (Lipinski definition) is 5. The quantitative estimate of drug-likeness (QED) is 0.876. The molecule has 2 heterocycles. The van der Waals surface area contributed by atoms with Crippen molar-refractivity contribution >= 4 is 11.6 Å². The number of hydrogen-bond donors (Lipinski definition) is 2. The molecule has 0 saturated carbocycles. The number of amides is 1. The number of anilines is 1. The van der Waals surface area contributed by atoms with Crippen LogP contribution >= 0.6 is 0 Å². The summed E-state index contributed by atoms with van der Waals surface area (Å²) in [5.41, 5.74) is 6.48. The molecule has 1 aromatic heterocycles. The van der Waals surface area contributed by atoms with Gasteiger partial charge < -0.3 is 16.0 Å². The highest BCUT2D eigenvalue weighted by molar-refractivity contribution is 5.97. The number of rotatable bonds is 4. The Kier molecular flexibility index (Phi) is 5.12. The summed E-state index contributed by atoms with van der Waals surface area (Å²) in [6.07, 6.45) is 3.63. The molecule has 0 aromatic carbocycles. The summed E-state index contributed by atoms with van der Waals surface area (Å²) in [4.78, 5) is 23.2. The molecule has 0 spiro atoms. The number of carbonyl (C=O) groups excluding carboxylic acids is 1. The monoisotopic (exact) mass is 291 g/mol. The number of nitrogen functional groups attached to an aromatic ring is 1. The van der Waals surface area contributed by atoms with Crippen LogP contribution in [0.4, 0.5) is 5.69 Å². The Morgan fingerprint density at radius 3 is 3.00 bits per heavy atom. The molecular weight excluding hydrogens is 266 g/mol. The second-order valence-electron chi connectivity index (χ2n) is 5.89. The van der Waals surface area contributed by atoms with E-state index in [4.69, 9.17) is 5.73 Å². The van der Waals surface area contributed by atoms with Gasteiger partial charge in [0.2, 0.25) is 0 Å². The lowest BCUT2D eigenvalue weighted by Gasteiger charge is -2.32. The smallest absolute Gasteiger partial charge is 0.272 e. The van der Waals surface area contributed by atoms with E-state index in [1.165, 1.54) is 6.20 Å². The number of likely N-dealkylation sites (N-methyl/N-ethyl adjacent to an activating group) is 1. The molecule has 1 unspecified atom stereocenters. The number of nitrogens with one attached hydrogen (secondary N) is 1. The van der Waals surface area contributed by atoms with Crippen LogP contribution in [-0.2, 0) is 0 Å². The average molecular weight is 291 g/mol. The van der Waals surface area contributed by atoms with E-state index in [1.807, 2.05) is 13.8 Å². The molecule has 1 aliphatic rings. The first-order chi connectivity index (χ1) is 10.0. The lowest BCUT2D eigenvalue weighted by Crippen LogP contribution is -2.47. The van der Waals surface area contributed by atoms with Gasteiger partial charge in [-0.1, -0.05) is 20.8 Å². The van der Waals surface area contributed by atoms with Gasteiger partial charge in [-0.05, 0) is 25.9 Å². The molecular formula is C15H25N5O. The van der Waals surface area contributed by atoms with Gasteiger partial charge in [-0.3, -0.25) is 4.79 Å². The van der Waals surface area contributed by atoms with Gasteiger partial charge in [0, 0.05) is 18.5 Å². The fraction of sp³-hybridized carbons (Fsp3) is 0.667. The van der Waals surface area contributed by atoms with Crippen LogP contribution in [0.15, 0.2) is 6.20 Å². The van der Waals surface area contributed by atoms with E-state index in [1.54, 1.807) is 0 Å². The summed E-state index contributed by atoms with van der Waals surface area (Å²) in [7, 11) is 0. The van der Waals surface area contributed by atoms with Crippen LogP contribution in [0.1, 0.15) is 55.8 Å². The minimum absolute atomic E-state index is 0.169. The molecule has 21 heavy (non-hydrogen) atoms. The maximum absolute atomic E-state index is 12.4. The van der Waals surface area contributed by atoms with Crippen LogP contribution in [0.3, 0.4) is 0 Å². The molecule has 0 bridgehead atoms. The van der Waals surface area contributed by atoms with Crippen molar-refractivity contribution in [2.24, 2.45) is 0 Å². The molecule has 1 aliphatic heterocycles. The Morgan fingerprint density at radius 2 is 2.33 bits per heavy atom. The number of carbonyl (C=O) groups is 1. The Bertz CT molecular complexity index is 503. The van der Waals surface area contributed by atoms with Gasteiger partial charge in [0.05, 0.1) is 11.9 Å². The number of piperidine rings is 1. The van der Waals surface area contributed by atoms with Crippen LogP contribution in [-0.4, -0.2) is 46.5 Å². The molecule has 0 radical (unpaired) electrons. The largest absolute Gasteiger partial charge is 0.396 e. The summed E-state index contributed by atoms with van der Waals surface area (Å²) in [5, 5.41) is 3.06. The van der Waals surface area contributed by atoms with Crippen LogP contribution in [0, 0.1) is 0 Å². The minimum Gasteiger partial charge on any atom is -0.396 e. The van der Waals surface area contributed by atoms with Crippen molar-refractivity contribution in [1.29, 1.82) is 0 Å². The summed E-state index contributed by atoms with van der Waals surface area (Å²) in [6.45, 7) is 9.14. The molecule has 6 nitrogen and oxygen atoms in total. The summed E-state index contributed by atoms with van der Waals surface area (Å²) in [6, 6.07) is 0.170. The van der Waals surface area contributed by atoms with Crippen molar-refractivity contribution in [1.82, 2.24) is 20.2 Å². The Labute approximate surface area is 126 Å². The van der Waals surface area contributed by atoms with Crippen LogP contribution in [0.2, 0.25) is 0 Å². The van der Waals surface area contributed by atoms with Gasteiger partial charge >= 0.3 is 0 Å². The SMILES string of the molecule is CCN1CCCC(NC(=O)c2nc(C(C)C)ncc2N)C1. The highest BCUT2D eigenvalue weighted by Gasteiger charge is 2.23. The highest BCUT2D eigenvalue weighted by atomic mass is 16.2. The molecule has 1 aromatic rings. The molecule has 1 atom stereocenters. The fourth-order valence-corrected chi connectivity index (χ4v) is 2.58. The predicted molar refractivity (Wildman–Crippen MR) is 83.1 cm³/mol. The van der Waals surface area contributed by atoms with E-state index >= 15 is 0 Å². The van der Waals surface area contributed by atoms with Crippen LogP contribution < -0.4 is 11.1 Å². The third-order valence-corrected chi connectivity index (χ3v) is 3.86. The van der Waals surface area contributed by atoms with Crippen molar-refractivity contribution in [2.45, 2.75) is 45.6 Å². The summed E-state index contributed by atoms with van der Waals surface area (Å²) < 4.78 is 0. The van der Waals surface area contributed by atoms with E-state index in [-0.39, 0.29) is 17.9 Å². The maximum Gasteiger partial charge on any atom is 0.272 e. The van der Waals surface area contributed by atoms with Crippen molar-refractivity contribution in [2.75, 3.05) is 25.4 Å². The first kappa shape index (κ1) is 15.7. The Balaban J connectivity index is 2.07. The molecule has 2 rings (SSSR count). The van der Waals surface area contributed by atoms with Gasteiger partial charge in [0.15, 0.2) is 5.69 Å². The summed E-state index contributed by atoms with van der Waals surface area (Å²) in [5.74, 6) is 0.621. The lowest BCUT2D eigenvalue weighted by atomic mass is 10.1. The van der Waals surface area contributed by atoms with E-state index in [9.17, 15) is 4.79 Å². The Morgan fingerprint density at radius 1 is 1.57 bits per heavy atom. The van der Waals surface area contributed by atoms with E-state index < -0.39 is 0 Å². The normalized spacial score (nSPS) is 19.7. The first-order valence-electron chi connectivity index (χ1n) is 7.66. The zero-order valence-electron chi connectivity index (χ0n) is 13.1. The highest BCUT2D eigenvalue weighted by Crippen LogP contribution is 2.15. The van der Waals surface area contributed by atoms with E-state index in [2.05, 4.69) is 27.1 Å². The topological polar surface area (TPSA) is 84.1 Å². The third kappa shape index (κ3) is 3.91. The second-order valence-corrected chi connectivity index (χ2v) is 5.89. The van der Waals surface area contributed by atoms with Crippen molar-refractivity contribution in [3.8, 4) is 0 Å². The van der Waals surface area contributed by atoms with Crippen LogP contribution in [0.25, 0.3) is 0 Å². The average Bonchev–Trinajstić information content (AvgIpc) is 2.47. The molecule has 1 saturated heterocycles. The van der Waals surface area contributed by atoms with Crippen LogP contribution in [0.5, 0.6) is 0 Å². The number of likely N-dealkylation sites (tertiary alicyclic amines) is 1. The molecule has 3 N–H and O–H groups in total. The van der Waals surface area contributed by atoms with Crippen molar-refractivity contribution < 1.29 is 4.79 Å². The zero-order valence-corrected chi connectivity index (χ0v) is 13.1. The maximum atomic E-state index is 12.4. The standard InChI is InChI=1S/C15H25N5O/c1-4-20-7-5-6-11(9-20)18-15(21)13-12(16)8-17-14(19-13)10(2)3/h8,10-11H,4-7,9,16H2,1-3H3,(H,18,21). The number of aromatic nitrogens is 2. The molecule has 116 valence electrons. The van der Waals surface area contributed by atoms with Gasteiger partial charge in [-0.2, -0.15) is 0 Å². The van der Waals surface area contributed by atoms with E-state index in [0.717, 1.165) is 32.5 Å². The van der Waals surface area contributed by atoms with E-state index in [0.29, 0.717) is 17.2 Å². The first-order valence-corrected chi connectivity index (χ1v) is 7.66. The lowest BCUT2D eigenvalue weighted by molar-refractivity contribution is 0.0901. The second kappa shape index (κ2) is 6.85. The molecule has 1 amide bonds. The fourth-order valence-electron chi connectivity index (χ4n) is 2.58. The number of nitrogens with zero attached hydrogens (tertiary/aromatic N) is 3.